The van der Waals surface area contributed by atoms with Crippen molar-refractivity contribution >= 4 is 27.1 Å². The minimum absolute atomic E-state index is 0.640. The summed E-state index contributed by atoms with van der Waals surface area (Å²) >= 11 is 1.67. The highest BCUT2D eigenvalue weighted by Crippen LogP contribution is 2.29. The van der Waals surface area contributed by atoms with Gasteiger partial charge in [0.05, 0.1) is 11.9 Å². The van der Waals surface area contributed by atoms with E-state index in [1.165, 1.54) is 27.7 Å². The highest BCUT2D eigenvalue weighted by atomic mass is 32.1. The van der Waals surface area contributed by atoms with Crippen LogP contribution in [0.4, 0.5) is 0 Å². The van der Waals surface area contributed by atoms with Gasteiger partial charge in [-0.2, -0.15) is 0 Å². The van der Waals surface area contributed by atoms with Crippen LogP contribution in [0, 0.1) is 0 Å². The first-order valence-corrected chi connectivity index (χ1v) is 7.88. The summed E-state index contributed by atoms with van der Waals surface area (Å²) in [4.78, 5) is 5.50. The Kier molecular flexibility index (Phi) is 2.98. The Balaban J connectivity index is 1.93. The second kappa shape index (κ2) is 4.98. The van der Waals surface area contributed by atoms with E-state index in [-0.39, 0.29) is 0 Å². The normalized spacial score (nSPS) is 11.5. The molecule has 2 aromatic heterocycles. The van der Waals surface area contributed by atoms with Crippen molar-refractivity contribution in [3.63, 3.8) is 0 Å². The minimum Gasteiger partial charge on any atom is -0.330 e. The summed E-state index contributed by atoms with van der Waals surface area (Å²) in [5.74, 6) is 0. The van der Waals surface area contributed by atoms with Crippen molar-refractivity contribution in [2.45, 2.75) is 6.42 Å². The molecule has 4 heteroatoms. The molecular formula is C17H15N3S. The fraction of sp³-hybridized carbons (Fsp3) is 0.118. The molecule has 4 rings (SSSR count). The molecule has 0 unspecified atom stereocenters. The molecule has 21 heavy (non-hydrogen) atoms. The average molecular weight is 293 g/mol. The number of benzene rings is 2. The fourth-order valence-electron chi connectivity index (χ4n) is 2.74. The van der Waals surface area contributed by atoms with E-state index in [0.29, 0.717) is 6.54 Å². The zero-order valence-corrected chi connectivity index (χ0v) is 12.3. The number of imidazole rings is 1. The van der Waals surface area contributed by atoms with Crippen molar-refractivity contribution in [2.75, 3.05) is 6.54 Å². The lowest BCUT2D eigenvalue weighted by Gasteiger charge is -2.05. The maximum atomic E-state index is 5.70. The zero-order chi connectivity index (χ0) is 14.2. The first kappa shape index (κ1) is 12.6. The van der Waals surface area contributed by atoms with Crippen molar-refractivity contribution < 1.29 is 0 Å². The van der Waals surface area contributed by atoms with E-state index in [9.17, 15) is 0 Å². The lowest BCUT2D eigenvalue weighted by molar-refractivity contribution is 0.911. The van der Waals surface area contributed by atoms with E-state index in [1.807, 2.05) is 6.20 Å². The van der Waals surface area contributed by atoms with Gasteiger partial charge in [-0.25, -0.2) is 4.98 Å². The van der Waals surface area contributed by atoms with Crippen molar-refractivity contribution in [3.05, 3.63) is 59.7 Å². The standard InChI is InChI=1S/C17H15N3S/c18-8-7-15-10-19-17-20(15)16(11-21-17)14-6-5-12-3-1-2-4-13(12)9-14/h1-6,9-11H,7-8,18H2. The largest absolute Gasteiger partial charge is 0.330 e. The van der Waals surface area contributed by atoms with Gasteiger partial charge in [0.1, 0.15) is 0 Å². The SMILES string of the molecule is NCCc1cnc2scc(-c3ccc4ccccc4c3)n12. The van der Waals surface area contributed by atoms with Gasteiger partial charge in [-0.05, 0) is 23.4 Å². The van der Waals surface area contributed by atoms with Gasteiger partial charge >= 0.3 is 0 Å². The number of rotatable bonds is 3. The van der Waals surface area contributed by atoms with Gasteiger partial charge in [-0.3, -0.25) is 4.40 Å². The quantitative estimate of drug-likeness (QED) is 0.625. The van der Waals surface area contributed by atoms with Crippen molar-refractivity contribution in [1.29, 1.82) is 0 Å². The number of hydrogen-bond acceptors (Lipinski definition) is 3. The summed E-state index contributed by atoms with van der Waals surface area (Å²) in [7, 11) is 0. The zero-order valence-electron chi connectivity index (χ0n) is 11.5. The Morgan fingerprint density at radius 3 is 2.81 bits per heavy atom. The molecule has 104 valence electrons. The van der Waals surface area contributed by atoms with E-state index >= 15 is 0 Å². The minimum atomic E-state index is 0.640. The Morgan fingerprint density at radius 1 is 1.10 bits per heavy atom. The molecule has 2 aromatic carbocycles. The third kappa shape index (κ3) is 2.04. The van der Waals surface area contributed by atoms with Crippen LogP contribution in [0.5, 0.6) is 0 Å². The summed E-state index contributed by atoms with van der Waals surface area (Å²) in [6.07, 6.45) is 2.78. The van der Waals surface area contributed by atoms with Gasteiger partial charge in [-0.1, -0.05) is 36.4 Å². The first-order valence-electron chi connectivity index (χ1n) is 7.00. The second-order valence-electron chi connectivity index (χ2n) is 5.09. The highest BCUT2D eigenvalue weighted by molar-refractivity contribution is 7.15. The number of thiazole rings is 1. The molecule has 0 aliphatic rings. The number of aromatic nitrogens is 2. The number of nitrogens with zero attached hydrogens (tertiary/aromatic N) is 2. The number of fused-ring (bicyclic) bond motifs is 2. The first-order chi connectivity index (χ1) is 10.4. The van der Waals surface area contributed by atoms with Crippen LogP contribution in [-0.2, 0) is 6.42 Å². The van der Waals surface area contributed by atoms with Gasteiger partial charge in [0.2, 0.25) is 0 Å². The summed E-state index contributed by atoms with van der Waals surface area (Å²) in [5.41, 5.74) is 9.30. The second-order valence-corrected chi connectivity index (χ2v) is 5.93. The Hall–Kier alpha value is -2.17. The van der Waals surface area contributed by atoms with Crippen LogP contribution in [0.3, 0.4) is 0 Å². The third-order valence-electron chi connectivity index (χ3n) is 3.77. The van der Waals surface area contributed by atoms with Gasteiger partial charge in [0.25, 0.3) is 0 Å². The molecular weight excluding hydrogens is 278 g/mol. The molecule has 0 amide bonds. The van der Waals surface area contributed by atoms with Crippen LogP contribution < -0.4 is 5.73 Å². The van der Waals surface area contributed by atoms with E-state index in [0.717, 1.165) is 11.4 Å². The van der Waals surface area contributed by atoms with Gasteiger partial charge in [-0.15, -0.1) is 11.3 Å². The van der Waals surface area contributed by atoms with Crippen molar-refractivity contribution in [2.24, 2.45) is 5.73 Å². The number of nitrogens with two attached hydrogens (primary N) is 1. The van der Waals surface area contributed by atoms with Crippen LogP contribution in [-0.4, -0.2) is 15.9 Å². The van der Waals surface area contributed by atoms with E-state index in [2.05, 4.69) is 57.2 Å². The molecule has 4 aromatic rings. The van der Waals surface area contributed by atoms with Crippen LogP contribution in [0.1, 0.15) is 5.69 Å². The third-order valence-corrected chi connectivity index (χ3v) is 4.61. The molecule has 0 radical (unpaired) electrons. The molecule has 0 aliphatic carbocycles. The predicted molar refractivity (Wildman–Crippen MR) is 88.8 cm³/mol. The van der Waals surface area contributed by atoms with Crippen molar-refractivity contribution in [1.82, 2.24) is 9.38 Å². The molecule has 0 fully saturated rings. The molecule has 2 N–H and O–H groups in total. The van der Waals surface area contributed by atoms with Gasteiger partial charge in [0, 0.05) is 23.1 Å². The van der Waals surface area contributed by atoms with E-state index in [1.54, 1.807) is 11.3 Å². The smallest absolute Gasteiger partial charge is 0.194 e. The van der Waals surface area contributed by atoms with Crippen LogP contribution >= 0.6 is 11.3 Å². The molecule has 0 bridgehead atoms. The van der Waals surface area contributed by atoms with Crippen LogP contribution in [0.2, 0.25) is 0 Å². The van der Waals surface area contributed by atoms with Gasteiger partial charge < -0.3 is 5.73 Å². The lowest BCUT2D eigenvalue weighted by Crippen LogP contribution is -2.05. The molecule has 0 spiro atoms. The highest BCUT2D eigenvalue weighted by Gasteiger charge is 2.11. The Labute approximate surface area is 126 Å². The van der Waals surface area contributed by atoms with Crippen molar-refractivity contribution in [3.8, 4) is 11.3 Å². The van der Waals surface area contributed by atoms with E-state index in [4.69, 9.17) is 5.73 Å². The maximum Gasteiger partial charge on any atom is 0.194 e. The van der Waals surface area contributed by atoms with Crippen LogP contribution in [0.25, 0.3) is 27.0 Å². The molecule has 3 nitrogen and oxygen atoms in total. The Morgan fingerprint density at radius 2 is 1.95 bits per heavy atom. The Bertz CT molecular complexity index is 920. The summed E-state index contributed by atoms with van der Waals surface area (Å²) in [5, 5.41) is 4.70. The molecule has 0 saturated heterocycles. The fourth-order valence-corrected chi connectivity index (χ4v) is 3.63. The topological polar surface area (TPSA) is 43.3 Å². The maximum absolute atomic E-state index is 5.70. The van der Waals surface area contributed by atoms with Crippen LogP contribution in [0.15, 0.2) is 54.0 Å². The summed E-state index contributed by atoms with van der Waals surface area (Å²) in [6.45, 7) is 0.640. The molecule has 0 atom stereocenters. The van der Waals surface area contributed by atoms with Gasteiger partial charge in [0.15, 0.2) is 4.96 Å². The molecule has 0 saturated carbocycles. The van der Waals surface area contributed by atoms with E-state index < -0.39 is 0 Å². The summed E-state index contributed by atoms with van der Waals surface area (Å²) in [6, 6.07) is 15.0. The summed E-state index contributed by atoms with van der Waals surface area (Å²) < 4.78 is 2.22. The predicted octanol–water partition coefficient (Wildman–Crippen LogP) is 3.72. The lowest BCUT2D eigenvalue weighted by atomic mass is 10.1. The molecule has 2 heterocycles. The average Bonchev–Trinajstić information content (AvgIpc) is 3.10. The number of hydrogen-bond donors (Lipinski definition) is 1. The monoisotopic (exact) mass is 293 g/mol. The molecule has 0 aliphatic heterocycles.